The molecule has 0 amide bonds. The molecule has 1 unspecified atom stereocenters. The van der Waals surface area contributed by atoms with Crippen LogP contribution in [0.4, 0.5) is 0 Å². The second kappa shape index (κ2) is 6.92. The normalized spacial score (nSPS) is 17.1. The largest absolute Gasteiger partial charge is 0.496 e. The van der Waals surface area contributed by atoms with Crippen LogP contribution < -0.4 is 4.74 Å². The number of halogens is 1. The van der Waals surface area contributed by atoms with Gasteiger partial charge < -0.3 is 9.47 Å². The lowest BCUT2D eigenvalue weighted by atomic mass is 10.1. The molecule has 1 atom stereocenters. The second-order valence-corrected chi connectivity index (χ2v) is 7.76. The highest BCUT2D eigenvalue weighted by molar-refractivity contribution is 9.10. The third kappa shape index (κ3) is 4.54. The summed E-state index contributed by atoms with van der Waals surface area (Å²) in [5.41, 5.74) is 0.900. The minimum atomic E-state index is -0.983. The smallest absolute Gasteiger partial charge is 0.306 e. The summed E-state index contributed by atoms with van der Waals surface area (Å²) >= 11 is 3.43. The van der Waals surface area contributed by atoms with Gasteiger partial charge in [-0.05, 0) is 51.9 Å². The van der Waals surface area contributed by atoms with Crippen LogP contribution in [-0.4, -0.2) is 30.2 Å². The van der Waals surface area contributed by atoms with Crippen LogP contribution in [0.1, 0.15) is 24.8 Å². The first-order valence-corrected chi connectivity index (χ1v) is 9.00. The van der Waals surface area contributed by atoms with Gasteiger partial charge in [0, 0.05) is 22.3 Å². The standard InChI is InChI=1S/C15H19BrO4S/c1-19-13-4-3-11(7-12(13)16)9-21(18)10-15(5-6-15)8-14(17)20-2/h3-4,7H,5-6,8-10H2,1-2H3. The Hall–Kier alpha value is -0.880. The number of esters is 1. The summed E-state index contributed by atoms with van der Waals surface area (Å²) in [4.78, 5) is 11.4. The molecule has 1 aliphatic rings. The van der Waals surface area contributed by atoms with E-state index in [1.54, 1.807) is 7.11 Å². The summed E-state index contributed by atoms with van der Waals surface area (Å²) in [7, 11) is 2.02. The summed E-state index contributed by atoms with van der Waals surface area (Å²) in [6.07, 6.45) is 2.29. The van der Waals surface area contributed by atoms with Crippen molar-refractivity contribution in [2.45, 2.75) is 25.0 Å². The summed E-state index contributed by atoms with van der Waals surface area (Å²) in [5.74, 6) is 1.60. The van der Waals surface area contributed by atoms with E-state index in [4.69, 9.17) is 9.47 Å². The first-order chi connectivity index (χ1) is 9.98. The highest BCUT2D eigenvalue weighted by Crippen LogP contribution is 2.49. The fraction of sp³-hybridized carbons (Fsp3) is 0.533. The van der Waals surface area contributed by atoms with Crippen LogP contribution in [0.15, 0.2) is 22.7 Å². The molecular formula is C15H19BrO4S. The molecule has 1 saturated carbocycles. The van der Waals surface area contributed by atoms with Crippen LogP contribution in [0.5, 0.6) is 5.75 Å². The SMILES string of the molecule is COC(=O)CC1(CS(=O)Cc2ccc(OC)c(Br)c2)CC1. The summed E-state index contributed by atoms with van der Waals surface area (Å²) in [6.45, 7) is 0. The average molecular weight is 375 g/mol. The van der Waals surface area contributed by atoms with Crippen LogP contribution in [0.2, 0.25) is 0 Å². The Morgan fingerprint density at radius 3 is 2.62 bits per heavy atom. The Kier molecular flexibility index (Phi) is 5.43. The fourth-order valence-electron chi connectivity index (χ4n) is 2.31. The lowest BCUT2D eigenvalue weighted by Crippen LogP contribution is -2.18. The Morgan fingerprint density at radius 2 is 2.10 bits per heavy atom. The highest BCUT2D eigenvalue weighted by Gasteiger charge is 2.45. The van der Waals surface area contributed by atoms with E-state index in [2.05, 4.69) is 15.9 Å². The van der Waals surface area contributed by atoms with Gasteiger partial charge in [0.15, 0.2) is 0 Å². The van der Waals surface area contributed by atoms with Gasteiger partial charge in [-0.25, -0.2) is 0 Å². The van der Waals surface area contributed by atoms with Gasteiger partial charge in [0.25, 0.3) is 0 Å². The molecule has 116 valence electrons. The summed E-state index contributed by atoms with van der Waals surface area (Å²) in [5, 5.41) is 0. The van der Waals surface area contributed by atoms with Gasteiger partial charge in [0.05, 0.1) is 25.1 Å². The minimum absolute atomic E-state index is 0.0956. The molecule has 1 aromatic rings. The number of carbonyl (C=O) groups excluding carboxylic acids is 1. The maximum Gasteiger partial charge on any atom is 0.306 e. The van der Waals surface area contributed by atoms with Gasteiger partial charge in [-0.3, -0.25) is 9.00 Å². The van der Waals surface area contributed by atoms with Gasteiger partial charge in [-0.1, -0.05) is 6.07 Å². The molecule has 0 saturated heterocycles. The predicted molar refractivity (Wildman–Crippen MR) is 85.7 cm³/mol. The molecule has 6 heteroatoms. The molecule has 0 heterocycles. The van der Waals surface area contributed by atoms with Crippen molar-refractivity contribution in [2.24, 2.45) is 5.41 Å². The number of methoxy groups -OCH3 is 2. The van der Waals surface area contributed by atoms with Crippen molar-refractivity contribution in [3.05, 3.63) is 28.2 Å². The Bertz CT molecular complexity index is 555. The van der Waals surface area contributed by atoms with E-state index in [1.807, 2.05) is 18.2 Å². The van der Waals surface area contributed by atoms with Crippen LogP contribution in [-0.2, 0) is 26.1 Å². The molecule has 0 radical (unpaired) electrons. The summed E-state index contributed by atoms with van der Waals surface area (Å²) < 4.78 is 23.1. The van der Waals surface area contributed by atoms with Gasteiger partial charge in [0.1, 0.15) is 5.75 Å². The second-order valence-electron chi connectivity index (χ2n) is 5.45. The van der Waals surface area contributed by atoms with Crippen LogP contribution in [0, 0.1) is 5.41 Å². The van der Waals surface area contributed by atoms with E-state index in [-0.39, 0.29) is 11.4 Å². The lowest BCUT2D eigenvalue weighted by Gasteiger charge is -2.13. The van der Waals surface area contributed by atoms with Crippen molar-refractivity contribution >= 4 is 32.7 Å². The zero-order chi connectivity index (χ0) is 15.5. The van der Waals surface area contributed by atoms with Crippen molar-refractivity contribution in [1.29, 1.82) is 0 Å². The number of benzene rings is 1. The van der Waals surface area contributed by atoms with E-state index in [1.165, 1.54) is 7.11 Å². The van der Waals surface area contributed by atoms with Gasteiger partial charge in [0.2, 0.25) is 0 Å². The predicted octanol–water partition coefficient (Wildman–Crippen LogP) is 3.05. The van der Waals surface area contributed by atoms with E-state index in [0.29, 0.717) is 17.9 Å². The molecule has 0 spiro atoms. The number of hydrogen-bond donors (Lipinski definition) is 0. The maximum atomic E-state index is 12.3. The van der Waals surface area contributed by atoms with Gasteiger partial charge >= 0.3 is 5.97 Å². The molecule has 4 nitrogen and oxygen atoms in total. The van der Waals surface area contributed by atoms with Gasteiger partial charge in [-0.15, -0.1) is 0 Å². The Balaban J connectivity index is 1.93. The fourth-order valence-corrected chi connectivity index (χ4v) is 4.62. The number of rotatable bonds is 7. The lowest BCUT2D eigenvalue weighted by molar-refractivity contribution is -0.141. The molecule has 1 fully saturated rings. The van der Waals surface area contributed by atoms with Crippen LogP contribution in [0.3, 0.4) is 0 Å². The zero-order valence-corrected chi connectivity index (χ0v) is 14.6. The Labute approximate surface area is 135 Å². The van der Waals surface area contributed by atoms with Crippen molar-refractivity contribution in [1.82, 2.24) is 0 Å². The third-order valence-corrected chi connectivity index (χ3v) is 5.92. The third-order valence-electron chi connectivity index (χ3n) is 3.72. The molecule has 1 aliphatic carbocycles. The monoisotopic (exact) mass is 374 g/mol. The topological polar surface area (TPSA) is 52.6 Å². The average Bonchev–Trinajstić information content (AvgIpc) is 3.17. The number of hydrogen-bond acceptors (Lipinski definition) is 4. The van der Waals surface area contributed by atoms with Crippen molar-refractivity contribution < 1.29 is 18.5 Å². The van der Waals surface area contributed by atoms with E-state index >= 15 is 0 Å². The first-order valence-electron chi connectivity index (χ1n) is 6.72. The number of carbonyl (C=O) groups is 1. The summed E-state index contributed by atoms with van der Waals surface area (Å²) in [6, 6.07) is 5.70. The molecule has 0 aliphatic heterocycles. The van der Waals surface area contributed by atoms with Crippen molar-refractivity contribution in [2.75, 3.05) is 20.0 Å². The van der Waals surface area contributed by atoms with Crippen LogP contribution >= 0.6 is 15.9 Å². The molecule has 2 rings (SSSR count). The van der Waals surface area contributed by atoms with Crippen molar-refractivity contribution in [3.63, 3.8) is 0 Å². The van der Waals surface area contributed by atoms with Gasteiger partial charge in [-0.2, -0.15) is 0 Å². The quantitative estimate of drug-likeness (QED) is 0.688. The molecule has 0 bridgehead atoms. The number of ether oxygens (including phenoxy) is 2. The Morgan fingerprint density at radius 1 is 1.38 bits per heavy atom. The minimum Gasteiger partial charge on any atom is -0.496 e. The molecular weight excluding hydrogens is 356 g/mol. The van der Waals surface area contributed by atoms with Crippen LogP contribution in [0.25, 0.3) is 0 Å². The molecule has 1 aromatic carbocycles. The molecule has 0 aromatic heterocycles. The highest BCUT2D eigenvalue weighted by atomic mass is 79.9. The maximum absolute atomic E-state index is 12.3. The zero-order valence-electron chi connectivity index (χ0n) is 12.2. The van der Waals surface area contributed by atoms with E-state index in [9.17, 15) is 9.00 Å². The van der Waals surface area contributed by atoms with E-state index in [0.717, 1.165) is 28.6 Å². The van der Waals surface area contributed by atoms with Crippen molar-refractivity contribution in [3.8, 4) is 5.75 Å². The first kappa shape index (κ1) is 16.5. The van der Waals surface area contributed by atoms with E-state index < -0.39 is 10.8 Å². The molecule has 0 N–H and O–H groups in total. The molecule has 21 heavy (non-hydrogen) atoms.